The van der Waals surface area contributed by atoms with Crippen molar-refractivity contribution >= 4 is 44.2 Å². The molecule has 0 radical (unpaired) electrons. The Labute approximate surface area is 257 Å². The summed E-state index contributed by atoms with van der Waals surface area (Å²) in [6.07, 6.45) is 3.10. The molecule has 2 aromatic heterocycles. The first-order chi connectivity index (χ1) is 21.2. The molecule has 3 aromatic carbocycles. The van der Waals surface area contributed by atoms with Crippen LogP contribution in [0.1, 0.15) is 15.9 Å². The average molecular weight is 632 g/mol. The predicted molar refractivity (Wildman–Crippen MR) is 166 cm³/mol. The summed E-state index contributed by atoms with van der Waals surface area (Å²) in [5.41, 5.74) is 0.0555. The number of H-pyrrole nitrogens is 1. The van der Waals surface area contributed by atoms with E-state index in [1.807, 2.05) is 4.90 Å². The third-order valence-electron chi connectivity index (χ3n) is 7.35. The Morgan fingerprint density at radius 1 is 0.932 bits per heavy atom. The number of benzene rings is 3. The van der Waals surface area contributed by atoms with Crippen LogP contribution in [0.15, 0.2) is 106 Å². The molecule has 3 heterocycles. The summed E-state index contributed by atoms with van der Waals surface area (Å²) >= 11 is 6.05. The highest BCUT2D eigenvalue weighted by Gasteiger charge is 2.25. The van der Waals surface area contributed by atoms with Crippen molar-refractivity contribution in [2.45, 2.75) is 11.4 Å². The number of hydrogen-bond donors (Lipinski definition) is 1. The van der Waals surface area contributed by atoms with E-state index in [0.717, 1.165) is 0 Å². The zero-order chi connectivity index (χ0) is 30.8. The Morgan fingerprint density at radius 3 is 2.43 bits per heavy atom. The topological polar surface area (TPSA) is 135 Å². The zero-order valence-electron chi connectivity index (χ0n) is 23.2. The number of nitrogens with zero attached hydrogens (tertiary/aromatic N) is 4. The summed E-state index contributed by atoms with van der Waals surface area (Å²) in [5, 5.41) is 1.65. The molecule has 1 amide bonds. The van der Waals surface area contributed by atoms with Crippen molar-refractivity contribution in [1.29, 1.82) is 0 Å². The third kappa shape index (κ3) is 6.08. The summed E-state index contributed by atoms with van der Waals surface area (Å²) in [5.74, 6) is 0.383. The molecule has 1 saturated heterocycles. The molecule has 0 spiro atoms. The summed E-state index contributed by atoms with van der Waals surface area (Å²) in [7, 11) is -4.14. The molecule has 0 bridgehead atoms. The van der Waals surface area contributed by atoms with E-state index in [9.17, 15) is 22.8 Å². The number of aromatic nitrogens is 3. The van der Waals surface area contributed by atoms with Crippen molar-refractivity contribution in [3.8, 4) is 5.75 Å². The SMILES string of the molecule is O=C(c1cccc(Cl)c1)N1CCN(c2cc(=O)[nH]c(=O)n2Cc2ccc(OS(=O)(=O)c3cccc4cnccc34)cc2)CC1. The van der Waals surface area contributed by atoms with Gasteiger partial charge in [0.25, 0.3) is 11.5 Å². The van der Waals surface area contributed by atoms with Crippen molar-refractivity contribution in [2.75, 3.05) is 31.1 Å². The number of carbonyl (C=O) groups excluding carboxylic acids is 1. The molecular weight excluding hydrogens is 606 g/mol. The van der Waals surface area contributed by atoms with E-state index in [2.05, 4.69) is 9.97 Å². The number of carbonyl (C=O) groups is 1. The van der Waals surface area contributed by atoms with Gasteiger partial charge in [0.15, 0.2) is 0 Å². The molecular formula is C31H26ClN5O6S. The lowest BCUT2D eigenvalue weighted by Crippen LogP contribution is -2.50. The first-order valence-electron chi connectivity index (χ1n) is 13.7. The molecule has 0 atom stereocenters. The van der Waals surface area contributed by atoms with E-state index >= 15 is 0 Å². The number of pyridine rings is 1. The van der Waals surface area contributed by atoms with Gasteiger partial charge in [0.1, 0.15) is 16.5 Å². The predicted octanol–water partition coefficient (Wildman–Crippen LogP) is 3.52. The number of rotatable bonds is 7. The molecule has 0 saturated carbocycles. The van der Waals surface area contributed by atoms with Gasteiger partial charge in [-0.25, -0.2) is 4.79 Å². The fraction of sp³-hybridized carbons (Fsp3) is 0.161. The van der Waals surface area contributed by atoms with Crippen LogP contribution in [0.2, 0.25) is 5.02 Å². The van der Waals surface area contributed by atoms with Crippen molar-refractivity contribution in [3.05, 3.63) is 128 Å². The first kappa shape index (κ1) is 29.1. The molecule has 224 valence electrons. The fourth-order valence-corrected chi connectivity index (χ4v) is 6.53. The van der Waals surface area contributed by atoms with Crippen molar-refractivity contribution in [2.24, 2.45) is 0 Å². The van der Waals surface area contributed by atoms with Crippen LogP contribution in [-0.2, 0) is 16.7 Å². The minimum absolute atomic E-state index is 0.0280. The van der Waals surface area contributed by atoms with Crippen LogP contribution in [0.3, 0.4) is 0 Å². The van der Waals surface area contributed by atoms with Crippen LogP contribution in [0.5, 0.6) is 5.75 Å². The largest absolute Gasteiger partial charge is 0.379 e. The maximum Gasteiger partial charge on any atom is 0.339 e. The molecule has 13 heteroatoms. The van der Waals surface area contributed by atoms with E-state index in [1.165, 1.54) is 35.0 Å². The lowest BCUT2D eigenvalue weighted by atomic mass is 10.2. The van der Waals surface area contributed by atoms with E-state index in [1.54, 1.807) is 65.7 Å². The zero-order valence-corrected chi connectivity index (χ0v) is 24.8. The fourth-order valence-electron chi connectivity index (χ4n) is 5.18. The summed E-state index contributed by atoms with van der Waals surface area (Å²) in [6, 6.07) is 20.9. The molecule has 0 unspecified atom stereocenters. The van der Waals surface area contributed by atoms with Crippen LogP contribution in [0, 0.1) is 0 Å². The Morgan fingerprint density at radius 2 is 1.68 bits per heavy atom. The standard InChI is InChI=1S/C31H26ClN5O6S/c32-24-5-1-3-22(17-24)30(39)36-15-13-35(14-16-36)29-18-28(38)34-31(40)37(29)20-21-7-9-25(10-8-21)43-44(41,42)27-6-2-4-23-19-33-12-11-26(23)27/h1-12,17-19H,13-16,20H2,(H,34,38,40). The first-order valence-corrected chi connectivity index (χ1v) is 15.5. The van der Waals surface area contributed by atoms with Crippen LogP contribution in [0.25, 0.3) is 10.8 Å². The number of fused-ring (bicyclic) bond motifs is 1. The minimum atomic E-state index is -4.14. The lowest BCUT2D eigenvalue weighted by molar-refractivity contribution is 0.0746. The van der Waals surface area contributed by atoms with Gasteiger partial charge in [0.05, 0.1) is 6.54 Å². The summed E-state index contributed by atoms with van der Waals surface area (Å²) in [6.45, 7) is 1.70. The van der Waals surface area contributed by atoms with Gasteiger partial charge in [-0.3, -0.25) is 24.1 Å². The molecule has 5 aromatic rings. The van der Waals surface area contributed by atoms with Gasteiger partial charge >= 0.3 is 15.8 Å². The Balaban J connectivity index is 1.18. The van der Waals surface area contributed by atoms with Crippen molar-refractivity contribution in [1.82, 2.24) is 19.4 Å². The van der Waals surface area contributed by atoms with Gasteiger partial charge in [-0.05, 0) is 48.0 Å². The van der Waals surface area contributed by atoms with E-state index < -0.39 is 21.4 Å². The van der Waals surface area contributed by atoms with Gasteiger partial charge < -0.3 is 14.0 Å². The highest BCUT2D eigenvalue weighted by molar-refractivity contribution is 7.87. The van der Waals surface area contributed by atoms with Crippen molar-refractivity contribution < 1.29 is 17.4 Å². The van der Waals surface area contributed by atoms with Crippen LogP contribution in [0.4, 0.5) is 5.82 Å². The van der Waals surface area contributed by atoms with E-state index in [-0.39, 0.29) is 23.1 Å². The van der Waals surface area contributed by atoms with Gasteiger partial charge in [0, 0.05) is 66.0 Å². The normalized spacial score (nSPS) is 13.7. The second-order valence-corrected chi connectivity index (χ2v) is 12.2. The number of piperazine rings is 1. The number of amides is 1. The van der Waals surface area contributed by atoms with E-state index in [0.29, 0.717) is 58.9 Å². The van der Waals surface area contributed by atoms with Gasteiger partial charge in [-0.2, -0.15) is 8.42 Å². The third-order valence-corrected chi connectivity index (χ3v) is 8.90. The average Bonchev–Trinajstić information content (AvgIpc) is 3.02. The second kappa shape index (κ2) is 12.0. The molecule has 1 aliphatic rings. The van der Waals surface area contributed by atoms with Crippen LogP contribution >= 0.6 is 11.6 Å². The van der Waals surface area contributed by atoms with Gasteiger partial charge in [0.2, 0.25) is 0 Å². The monoisotopic (exact) mass is 631 g/mol. The molecule has 1 aliphatic heterocycles. The highest BCUT2D eigenvalue weighted by atomic mass is 35.5. The van der Waals surface area contributed by atoms with Crippen LogP contribution < -0.4 is 20.3 Å². The Kier molecular flexibility index (Phi) is 7.93. The molecule has 1 fully saturated rings. The summed E-state index contributed by atoms with van der Waals surface area (Å²) < 4.78 is 33.0. The lowest BCUT2D eigenvalue weighted by Gasteiger charge is -2.36. The smallest absolute Gasteiger partial charge is 0.339 e. The van der Waals surface area contributed by atoms with Crippen LogP contribution in [-0.4, -0.2) is 59.9 Å². The second-order valence-electron chi connectivity index (χ2n) is 10.2. The number of halogens is 1. The maximum absolute atomic E-state index is 13.1. The Bertz CT molecular complexity index is 2080. The number of hydrogen-bond acceptors (Lipinski definition) is 8. The highest BCUT2D eigenvalue weighted by Crippen LogP contribution is 2.26. The Hall–Kier alpha value is -4.94. The van der Waals surface area contributed by atoms with Gasteiger partial charge in [-0.15, -0.1) is 0 Å². The minimum Gasteiger partial charge on any atom is -0.379 e. The molecule has 1 N–H and O–H groups in total. The number of aromatic amines is 1. The molecule has 0 aliphatic carbocycles. The van der Waals surface area contributed by atoms with E-state index in [4.69, 9.17) is 15.8 Å². The molecule has 44 heavy (non-hydrogen) atoms. The molecule has 6 rings (SSSR count). The number of nitrogens with one attached hydrogen (secondary N) is 1. The maximum atomic E-state index is 13.1. The quantitative estimate of drug-likeness (QED) is 0.270. The van der Waals surface area contributed by atoms with Crippen molar-refractivity contribution in [3.63, 3.8) is 0 Å². The van der Waals surface area contributed by atoms with Gasteiger partial charge in [-0.1, -0.05) is 41.9 Å². The summed E-state index contributed by atoms with van der Waals surface area (Å²) in [4.78, 5) is 48.1. The molecule has 11 nitrogen and oxygen atoms in total. The number of anilines is 1.